The van der Waals surface area contributed by atoms with Gasteiger partial charge in [0.1, 0.15) is 11.8 Å². The summed E-state index contributed by atoms with van der Waals surface area (Å²) in [5.74, 6) is 0.0222. The van der Waals surface area contributed by atoms with E-state index in [1.165, 1.54) is 21.1 Å². The first-order valence-electron chi connectivity index (χ1n) is 5.78. The van der Waals surface area contributed by atoms with Gasteiger partial charge in [-0.15, -0.1) is 0 Å². The first kappa shape index (κ1) is 14.8. The molecule has 1 amide bonds. The molecule has 2 N–H and O–H groups in total. The van der Waals surface area contributed by atoms with E-state index in [2.05, 4.69) is 15.4 Å². The second-order valence-electron chi connectivity index (χ2n) is 3.99. The van der Waals surface area contributed by atoms with Crippen LogP contribution in [0, 0.1) is 0 Å². The van der Waals surface area contributed by atoms with Gasteiger partial charge in [0, 0.05) is 12.6 Å². The van der Waals surface area contributed by atoms with Crippen molar-refractivity contribution >= 4 is 23.3 Å². The van der Waals surface area contributed by atoms with E-state index in [1.54, 1.807) is 25.1 Å². The molecule has 6 heteroatoms. The van der Waals surface area contributed by atoms with Crippen LogP contribution < -0.4 is 15.4 Å². The minimum Gasteiger partial charge on any atom is -0.495 e. The summed E-state index contributed by atoms with van der Waals surface area (Å²) in [4.78, 5) is 22.4. The Bertz CT molecular complexity index is 474. The number of nitrogens with one attached hydrogen (secondary N) is 2. The van der Waals surface area contributed by atoms with Crippen LogP contribution in [0.4, 0.5) is 11.4 Å². The topological polar surface area (TPSA) is 76.7 Å². The molecular formula is C13H18N2O4. The van der Waals surface area contributed by atoms with E-state index in [1.807, 2.05) is 0 Å². The summed E-state index contributed by atoms with van der Waals surface area (Å²) in [6.45, 7) is 3.10. The van der Waals surface area contributed by atoms with Crippen molar-refractivity contribution in [3.05, 3.63) is 18.2 Å². The van der Waals surface area contributed by atoms with Gasteiger partial charge in [0.05, 0.1) is 19.9 Å². The number of esters is 1. The van der Waals surface area contributed by atoms with Gasteiger partial charge in [0.15, 0.2) is 0 Å². The average molecular weight is 266 g/mol. The van der Waals surface area contributed by atoms with Gasteiger partial charge in [-0.1, -0.05) is 0 Å². The number of carbonyl (C=O) groups excluding carboxylic acids is 2. The molecule has 1 aromatic rings. The molecule has 0 radical (unpaired) electrons. The Morgan fingerprint density at radius 3 is 2.47 bits per heavy atom. The van der Waals surface area contributed by atoms with Crippen LogP contribution >= 0.6 is 0 Å². The molecule has 0 aliphatic carbocycles. The fraction of sp³-hybridized carbons (Fsp3) is 0.385. The van der Waals surface area contributed by atoms with Gasteiger partial charge >= 0.3 is 5.97 Å². The Labute approximate surface area is 112 Å². The van der Waals surface area contributed by atoms with E-state index in [4.69, 9.17) is 4.74 Å². The van der Waals surface area contributed by atoms with Gasteiger partial charge in [0.2, 0.25) is 5.91 Å². The second-order valence-corrected chi connectivity index (χ2v) is 3.99. The maximum absolute atomic E-state index is 11.4. The normalized spacial score (nSPS) is 11.4. The molecule has 19 heavy (non-hydrogen) atoms. The Morgan fingerprint density at radius 2 is 1.95 bits per heavy atom. The summed E-state index contributed by atoms with van der Waals surface area (Å²) < 4.78 is 9.83. The molecule has 0 spiro atoms. The Kier molecular flexibility index (Phi) is 5.17. The van der Waals surface area contributed by atoms with Gasteiger partial charge in [-0.25, -0.2) is 4.79 Å². The monoisotopic (exact) mass is 266 g/mol. The maximum Gasteiger partial charge on any atom is 0.327 e. The molecule has 0 aromatic heterocycles. The third-order valence-electron chi connectivity index (χ3n) is 2.45. The summed E-state index contributed by atoms with van der Waals surface area (Å²) >= 11 is 0. The third kappa shape index (κ3) is 4.17. The van der Waals surface area contributed by atoms with Crippen LogP contribution in [0.3, 0.4) is 0 Å². The zero-order valence-corrected chi connectivity index (χ0v) is 11.4. The van der Waals surface area contributed by atoms with Crippen molar-refractivity contribution in [1.29, 1.82) is 0 Å². The minimum absolute atomic E-state index is 0.169. The number of methoxy groups -OCH3 is 2. The first-order valence-corrected chi connectivity index (χ1v) is 5.78. The largest absolute Gasteiger partial charge is 0.495 e. The minimum atomic E-state index is -0.522. The van der Waals surface area contributed by atoms with Crippen molar-refractivity contribution in [2.24, 2.45) is 0 Å². The molecule has 1 aromatic carbocycles. The Morgan fingerprint density at radius 1 is 1.26 bits per heavy atom. The molecule has 1 atom stereocenters. The summed E-state index contributed by atoms with van der Waals surface area (Å²) in [6, 6.07) is 4.59. The first-order chi connectivity index (χ1) is 8.97. The fourth-order valence-electron chi connectivity index (χ4n) is 1.57. The third-order valence-corrected chi connectivity index (χ3v) is 2.45. The average Bonchev–Trinajstić information content (AvgIpc) is 2.37. The van der Waals surface area contributed by atoms with E-state index in [-0.39, 0.29) is 11.9 Å². The predicted octanol–water partition coefficient (Wildman–Crippen LogP) is 1.63. The number of hydrogen-bond donors (Lipinski definition) is 2. The molecule has 0 saturated heterocycles. The maximum atomic E-state index is 11.4. The van der Waals surface area contributed by atoms with Crippen LogP contribution in [0.15, 0.2) is 18.2 Å². The van der Waals surface area contributed by atoms with Gasteiger partial charge in [-0.2, -0.15) is 0 Å². The van der Waals surface area contributed by atoms with Gasteiger partial charge in [-0.05, 0) is 25.1 Å². The molecule has 0 bridgehead atoms. The number of amides is 1. The predicted molar refractivity (Wildman–Crippen MR) is 72.4 cm³/mol. The van der Waals surface area contributed by atoms with Crippen molar-refractivity contribution in [1.82, 2.24) is 0 Å². The molecule has 1 unspecified atom stereocenters. The van der Waals surface area contributed by atoms with E-state index in [0.29, 0.717) is 17.1 Å². The lowest BCUT2D eigenvalue weighted by molar-refractivity contribution is -0.141. The van der Waals surface area contributed by atoms with E-state index >= 15 is 0 Å². The number of anilines is 2. The van der Waals surface area contributed by atoms with Crippen LogP contribution in [0.1, 0.15) is 13.8 Å². The van der Waals surface area contributed by atoms with E-state index in [9.17, 15) is 9.59 Å². The molecule has 0 aliphatic heterocycles. The molecule has 0 fully saturated rings. The van der Waals surface area contributed by atoms with Crippen LogP contribution in [0.25, 0.3) is 0 Å². The highest BCUT2D eigenvalue weighted by molar-refractivity contribution is 5.90. The van der Waals surface area contributed by atoms with Crippen molar-refractivity contribution in [3.63, 3.8) is 0 Å². The van der Waals surface area contributed by atoms with Crippen molar-refractivity contribution < 1.29 is 19.1 Å². The van der Waals surface area contributed by atoms with Crippen LogP contribution in [0.2, 0.25) is 0 Å². The van der Waals surface area contributed by atoms with Crippen molar-refractivity contribution in [2.45, 2.75) is 19.9 Å². The second kappa shape index (κ2) is 6.63. The molecule has 104 valence electrons. The Hall–Kier alpha value is -2.24. The summed E-state index contributed by atoms with van der Waals surface area (Å²) in [7, 11) is 2.85. The van der Waals surface area contributed by atoms with Crippen LogP contribution in [-0.4, -0.2) is 32.1 Å². The van der Waals surface area contributed by atoms with E-state index < -0.39 is 6.04 Å². The lowest BCUT2D eigenvalue weighted by Crippen LogP contribution is -2.27. The van der Waals surface area contributed by atoms with E-state index in [0.717, 1.165) is 0 Å². The molecule has 6 nitrogen and oxygen atoms in total. The molecule has 0 aliphatic rings. The highest BCUT2D eigenvalue weighted by Gasteiger charge is 2.15. The number of hydrogen-bond acceptors (Lipinski definition) is 5. The van der Waals surface area contributed by atoms with Gasteiger partial charge < -0.3 is 20.1 Å². The summed E-state index contributed by atoms with van der Waals surface area (Å²) in [5.41, 5.74) is 1.22. The van der Waals surface area contributed by atoms with Gasteiger partial charge in [0.25, 0.3) is 0 Å². The Balaban J connectivity index is 2.95. The molecule has 1 rings (SSSR count). The zero-order valence-electron chi connectivity index (χ0n) is 11.4. The fourth-order valence-corrected chi connectivity index (χ4v) is 1.57. The van der Waals surface area contributed by atoms with Crippen molar-refractivity contribution in [3.8, 4) is 5.75 Å². The summed E-state index contributed by atoms with van der Waals surface area (Å²) in [5, 5.41) is 5.64. The number of carbonyl (C=O) groups is 2. The number of benzene rings is 1. The standard InChI is InChI=1S/C13H18N2O4/c1-8(13(17)19-4)14-11-7-10(15-9(2)16)5-6-12(11)18-3/h5-8,14H,1-4H3,(H,15,16). The summed E-state index contributed by atoms with van der Waals surface area (Å²) in [6.07, 6.45) is 0. The molecule has 0 saturated carbocycles. The highest BCUT2D eigenvalue weighted by Crippen LogP contribution is 2.28. The molecular weight excluding hydrogens is 248 g/mol. The van der Waals surface area contributed by atoms with Gasteiger partial charge in [-0.3, -0.25) is 4.79 Å². The van der Waals surface area contributed by atoms with Crippen LogP contribution in [-0.2, 0) is 14.3 Å². The quantitative estimate of drug-likeness (QED) is 0.792. The SMILES string of the molecule is COC(=O)C(C)Nc1cc(NC(C)=O)ccc1OC. The lowest BCUT2D eigenvalue weighted by Gasteiger charge is -2.16. The zero-order chi connectivity index (χ0) is 14.4. The molecule has 0 heterocycles. The highest BCUT2D eigenvalue weighted by atomic mass is 16.5. The van der Waals surface area contributed by atoms with Crippen LogP contribution in [0.5, 0.6) is 5.75 Å². The number of rotatable bonds is 5. The smallest absolute Gasteiger partial charge is 0.327 e. The lowest BCUT2D eigenvalue weighted by atomic mass is 10.2. The number of ether oxygens (including phenoxy) is 2. The van der Waals surface area contributed by atoms with Crippen molar-refractivity contribution in [2.75, 3.05) is 24.9 Å².